The van der Waals surface area contributed by atoms with E-state index in [0.717, 1.165) is 5.56 Å². The van der Waals surface area contributed by atoms with Crippen molar-refractivity contribution in [1.29, 1.82) is 0 Å². The second-order valence-electron chi connectivity index (χ2n) is 5.12. The first-order valence-corrected chi connectivity index (χ1v) is 5.69. The summed E-state index contributed by atoms with van der Waals surface area (Å²) < 4.78 is 5.63. The molecule has 4 heteroatoms. The fourth-order valence-corrected chi connectivity index (χ4v) is 1.68. The number of rotatable bonds is 2. The van der Waals surface area contributed by atoms with Crippen molar-refractivity contribution < 1.29 is 14.3 Å². The number of aromatic nitrogens is 1. The monoisotopic (exact) mass is 245 g/mol. The molecule has 94 valence electrons. The van der Waals surface area contributed by atoms with Crippen LogP contribution in [-0.4, -0.2) is 16.1 Å². The average molecular weight is 245 g/mol. The highest BCUT2D eigenvalue weighted by Crippen LogP contribution is 2.30. The molecule has 0 aliphatic carbocycles. The van der Waals surface area contributed by atoms with Gasteiger partial charge in [-0.05, 0) is 12.1 Å². The molecule has 0 bridgehead atoms. The summed E-state index contributed by atoms with van der Waals surface area (Å²) in [6.07, 6.45) is 0. The van der Waals surface area contributed by atoms with Gasteiger partial charge in [-0.25, -0.2) is 9.78 Å². The van der Waals surface area contributed by atoms with Crippen molar-refractivity contribution >= 4 is 5.97 Å². The normalized spacial score (nSPS) is 11.5. The number of oxazole rings is 1. The van der Waals surface area contributed by atoms with Gasteiger partial charge in [0.15, 0.2) is 5.69 Å². The van der Waals surface area contributed by atoms with Crippen molar-refractivity contribution in [1.82, 2.24) is 4.98 Å². The van der Waals surface area contributed by atoms with Crippen LogP contribution in [0.1, 0.15) is 37.0 Å². The molecule has 0 saturated heterocycles. The molecule has 0 saturated carbocycles. The van der Waals surface area contributed by atoms with Gasteiger partial charge in [-0.2, -0.15) is 0 Å². The van der Waals surface area contributed by atoms with Crippen LogP contribution in [0.4, 0.5) is 0 Å². The zero-order chi connectivity index (χ0) is 13.3. The lowest BCUT2D eigenvalue weighted by molar-refractivity contribution is 0.0686. The Morgan fingerprint density at radius 2 is 1.83 bits per heavy atom. The summed E-state index contributed by atoms with van der Waals surface area (Å²) in [6.45, 7) is 5.69. The van der Waals surface area contributed by atoms with E-state index in [1.165, 1.54) is 0 Å². The second-order valence-corrected chi connectivity index (χ2v) is 5.12. The number of carboxylic acids is 1. The Morgan fingerprint density at radius 1 is 1.22 bits per heavy atom. The smallest absolute Gasteiger partial charge is 0.358 e. The predicted octanol–water partition coefficient (Wildman–Crippen LogP) is 3.34. The first kappa shape index (κ1) is 12.4. The van der Waals surface area contributed by atoms with Crippen molar-refractivity contribution in [2.45, 2.75) is 26.2 Å². The molecule has 0 fully saturated rings. The van der Waals surface area contributed by atoms with Gasteiger partial charge in [0.25, 0.3) is 0 Å². The number of carboxylic acid groups (broad SMARTS) is 1. The van der Waals surface area contributed by atoms with Gasteiger partial charge in [-0.15, -0.1) is 0 Å². The topological polar surface area (TPSA) is 63.3 Å². The van der Waals surface area contributed by atoms with Crippen molar-refractivity contribution in [3.63, 3.8) is 0 Å². The molecule has 18 heavy (non-hydrogen) atoms. The summed E-state index contributed by atoms with van der Waals surface area (Å²) in [5.74, 6) is -0.322. The Hall–Kier alpha value is -2.10. The van der Waals surface area contributed by atoms with E-state index in [9.17, 15) is 4.79 Å². The molecule has 0 aliphatic rings. The number of hydrogen-bond acceptors (Lipinski definition) is 3. The zero-order valence-electron chi connectivity index (χ0n) is 10.6. The Morgan fingerprint density at radius 3 is 2.28 bits per heavy atom. The highest BCUT2D eigenvalue weighted by molar-refractivity contribution is 5.87. The molecule has 4 nitrogen and oxygen atoms in total. The van der Waals surface area contributed by atoms with Crippen molar-refractivity contribution in [2.75, 3.05) is 0 Å². The first-order valence-electron chi connectivity index (χ1n) is 5.69. The number of hydrogen-bond donors (Lipinski definition) is 1. The van der Waals surface area contributed by atoms with E-state index in [0.29, 0.717) is 11.7 Å². The van der Waals surface area contributed by atoms with Crippen LogP contribution in [-0.2, 0) is 5.41 Å². The maximum Gasteiger partial charge on any atom is 0.358 e. The Kier molecular flexibility index (Phi) is 2.95. The quantitative estimate of drug-likeness (QED) is 0.881. The summed E-state index contributed by atoms with van der Waals surface area (Å²) in [5, 5.41) is 9.17. The predicted molar refractivity (Wildman–Crippen MR) is 67.6 cm³/mol. The summed E-state index contributed by atoms with van der Waals surface area (Å²) in [7, 11) is 0. The summed E-state index contributed by atoms with van der Waals surface area (Å²) in [4.78, 5) is 15.3. The van der Waals surface area contributed by atoms with E-state index in [-0.39, 0.29) is 5.69 Å². The van der Waals surface area contributed by atoms with E-state index in [1.54, 1.807) is 0 Å². The summed E-state index contributed by atoms with van der Waals surface area (Å²) in [6, 6.07) is 9.27. The second kappa shape index (κ2) is 4.29. The molecule has 2 rings (SSSR count). The van der Waals surface area contributed by atoms with Gasteiger partial charge >= 0.3 is 5.97 Å². The van der Waals surface area contributed by atoms with Gasteiger partial charge < -0.3 is 9.52 Å². The molecule has 1 aromatic heterocycles. The fraction of sp³-hybridized carbons (Fsp3) is 0.286. The van der Waals surface area contributed by atoms with Gasteiger partial charge in [0, 0.05) is 11.0 Å². The van der Waals surface area contributed by atoms with Crippen LogP contribution >= 0.6 is 0 Å². The standard InChI is InChI=1S/C14H15NO3/c1-14(2,3)11-10(13(16)17)15-12(18-11)9-7-5-4-6-8-9/h4-8H,1-3H3,(H,16,17). The third kappa shape index (κ3) is 2.27. The SMILES string of the molecule is CC(C)(C)c1oc(-c2ccccc2)nc1C(=O)O. The molecular weight excluding hydrogens is 230 g/mol. The Labute approximate surface area is 105 Å². The van der Waals surface area contributed by atoms with Crippen LogP contribution in [0.2, 0.25) is 0 Å². The molecule has 0 aliphatic heterocycles. The largest absolute Gasteiger partial charge is 0.476 e. The maximum absolute atomic E-state index is 11.2. The molecule has 0 radical (unpaired) electrons. The van der Waals surface area contributed by atoms with Crippen LogP contribution in [0, 0.1) is 0 Å². The van der Waals surface area contributed by atoms with E-state index in [1.807, 2.05) is 51.1 Å². The molecule has 0 atom stereocenters. The summed E-state index contributed by atoms with van der Waals surface area (Å²) in [5.41, 5.74) is 0.366. The van der Waals surface area contributed by atoms with Crippen LogP contribution in [0.15, 0.2) is 34.7 Å². The minimum absolute atomic E-state index is 0.0126. The third-order valence-electron chi connectivity index (χ3n) is 2.53. The molecular formula is C14H15NO3. The molecule has 0 spiro atoms. The minimum Gasteiger partial charge on any atom is -0.476 e. The minimum atomic E-state index is -1.06. The van der Waals surface area contributed by atoms with Gasteiger partial charge in [0.05, 0.1) is 0 Å². The van der Waals surface area contributed by atoms with Crippen molar-refractivity contribution in [3.05, 3.63) is 41.8 Å². The van der Waals surface area contributed by atoms with E-state index >= 15 is 0 Å². The lowest BCUT2D eigenvalue weighted by Gasteiger charge is -2.14. The van der Waals surface area contributed by atoms with Crippen LogP contribution < -0.4 is 0 Å². The van der Waals surface area contributed by atoms with Crippen LogP contribution in [0.5, 0.6) is 0 Å². The highest BCUT2D eigenvalue weighted by atomic mass is 16.4. The van der Waals surface area contributed by atoms with E-state index in [4.69, 9.17) is 9.52 Å². The van der Waals surface area contributed by atoms with E-state index < -0.39 is 11.4 Å². The Balaban J connectivity index is 2.57. The highest BCUT2D eigenvalue weighted by Gasteiger charge is 2.29. The molecule has 2 aromatic rings. The van der Waals surface area contributed by atoms with Gasteiger partial charge in [0.2, 0.25) is 5.89 Å². The van der Waals surface area contributed by atoms with Gasteiger partial charge in [-0.3, -0.25) is 0 Å². The van der Waals surface area contributed by atoms with Gasteiger partial charge in [-0.1, -0.05) is 39.0 Å². The van der Waals surface area contributed by atoms with Crippen LogP contribution in [0.3, 0.4) is 0 Å². The number of aromatic carboxylic acids is 1. The molecule has 1 N–H and O–H groups in total. The number of benzene rings is 1. The number of nitrogens with zero attached hydrogens (tertiary/aromatic N) is 1. The van der Waals surface area contributed by atoms with Gasteiger partial charge in [0.1, 0.15) is 5.76 Å². The van der Waals surface area contributed by atoms with E-state index in [2.05, 4.69) is 4.98 Å². The lowest BCUT2D eigenvalue weighted by atomic mass is 9.92. The molecule has 1 heterocycles. The molecule has 1 aromatic carbocycles. The average Bonchev–Trinajstić information content (AvgIpc) is 2.74. The summed E-state index contributed by atoms with van der Waals surface area (Å²) >= 11 is 0. The lowest BCUT2D eigenvalue weighted by Crippen LogP contribution is -2.15. The van der Waals surface area contributed by atoms with Crippen LogP contribution in [0.25, 0.3) is 11.5 Å². The Bertz CT molecular complexity index is 564. The molecule has 0 amide bonds. The maximum atomic E-state index is 11.2. The zero-order valence-corrected chi connectivity index (χ0v) is 10.6. The van der Waals surface area contributed by atoms with Crippen molar-refractivity contribution in [2.24, 2.45) is 0 Å². The number of carbonyl (C=O) groups is 1. The molecule has 0 unspecified atom stereocenters. The van der Waals surface area contributed by atoms with Crippen molar-refractivity contribution in [3.8, 4) is 11.5 Å². The first-order chi connectivity index (χ1) is 8.39. The fourth-order valence-electron chi connectivity index (χ4n) is 1.68. The third-order valence-corrected chi connectivity index (χ3v) is 2.53.